The summed E-state index contributed by atoms with van der Waals surface area (Å²) in [4.78, 5) is 12.5. The van der Waals surface area contributed by atoms with Crippen molar-refractivity contribution in [3.63, 3.8) is 0 Å². The van der Waals surface area contributed by atoms with Gasteiger partial charge >= 0.3 is 6.03 Å². The standard InChI is InChI=1S/C26H27N5O3S/c27-35(33,34)24-13-11-20(12-14-24)15-16-28-26(32)29-17-23-19-31(18-21-7-3-1-4-8-21)30-25(23)22-9-5-2-6-10-22/h1-14,19H,15-18H2,(H2,27,33,34)(H2,28,29,32). The molecule has 1 heterocycles. The number of carbonyl (C=O) groups is 1. The molecule has 0 bridgehead atoms. The largest absolute Gasteiger partial charge is 0.338 e. The highest BCUT2D eigenvalue weighted by Crippen LogP contribution is 2.22. The third kappa shape index (κ3) is 6.78. The van der Waals surface area contributed by atoms with E-state index < -0.39 is 10.0 Å². The van der Waals surface area contributed by atoms with Crippen molar-refractivity contribution in [2.75, 3.05) is 6.54 Å². The Morgan fingerprint density at radius 1 is 0.857 bits per heavy atom. The summed E-state index contributed by atoms with van der Waals surface area (Å²) in [6.07, 6.45) is 2.52. The molecule has 0 unspecified atom stereocenters. The molecule has 4 rings (SSSR count). The number of hydrogen-bond acceptors (Lipinski definition) is 4. The van der Waals surface area contributed by atoms with Crippen molar-refractivity contribution in [1.29, 1.82) is 0 Å². The highest BCUT2D eigenvalue weighted by Gasteiger charge is 2.13. The fraction of sp³-hybridized carbons (Fsp3) is 0.154. The summed E-state index contributed by atoms with van der Waals surface area (Å²) < 4.78 is 24.6. The number of rotatable bonds is 9. The van der Waals surface area contributed by atoms with Crippen LogP contribution in [0.3, 0.4) is 0 Å². The number of primary sulfonamides is 1. The fourth-order valence-corrected chi connectivity index (χ4v) is 4.20. The van der Waals surface area contributed by atoms with E-state index in [4.69, 9.17) is 10.2 Å². The third-order valence-electron chi connectivity index (χ3n) is 5.46. The first kappa shape index (κ1) is 24.2. The van der Waals surface area contributed by atoms with Crippen molar-refractivity contribution in [2.24, 2.45) is 5.14 Å². The van der Waals surface area contributed by atoms with E-state index in [1.165, 1.54) is 12.1 Å². The van der Waals surface area contributed by atoms with E-state index in [0.29, 0.717) is 26.1 Å². The number of aromatic nitrogens is 2. The Labute approximate surface area is 204 Å². The second kappa shape index (κ2) is 11.0. The highest BCUT2D eigenvalue weighted by molar-refractivity contribution is 7.89. The van der Waals surface area contributed by atoms with Crippen molar-refractivity contribution in [3.8, 4) is 11.3 Å². The average Bonchev–Trinajstić information content (AvgIpc) is 3.26. The van der Waals surface area contributed by atoms with Crippen LogP contribution in [0.25, 0.3) is 11.3 Å². The Hall–Kier alpha value is -3.95. The number of nitrogens with zero attached hydrogens (tertiary/aromatic N) is 2. The van der Waals surface area contributed by atoms with Gasteiger partial charge in [-0.05, 0) is 29.7 Å². The van der Waals surface area contributed by atoms with Crippen LogP contribution in [0.4, 0.5) is 4.79 Å². The normalized spacial score (nSPS) is 11.2. The molecule has 8 nitrogen and oxygen atoms in total. The van der Waals surface area contributed by atoms with Gasteiger partial charge in [0.15, 0.2) is 0 Å². The lowest BCUT2D eigenvalue weighted by Crippen LogP contribution is -2.36. The number of hydrogen-bond donors (Lipinski definition) is 3. The van der Waals surface area contributed by atoms with Gasteiger partial charge in [-0.1, -0.05) is 72.8 Å². The molecule has 4 aromatic rings. The van der Waals surface area contributed by atoms with Gasteiger partial charge in [0.2, 0.25) is 10.0 Å². The van der Waals surface area contributed by atoms with Crippen LogP contribution in [-0.4, -0.2) is 30.8 Å². The zero-order valence-electron chi connectivity index (χ0n) is 19.1. The van der Waals surface area contributed by atoms with E-state index in [1.54, 1.807) is 12.1 Å². The number of urea groups is 1. The second-order valence-corrected chi connectivity index (χ2v) is 9.66. The van der Waals surface area contributed by atoms with E-state index in [-0.39, 0.29) is 10.9 Å². The summed E-state index contributed by atoms with van der Waals surface area (Å²) in [5, 5.41) is 15.6. The molecule has 0 aliphatic heterocycles. The van der Waals surface area contributed by atoms with Crippen LogP contribution in [0.1, 0.15) is 16.7 Å². The predicted octanol–water partition coefficient (Wildman–Crippen LogP) is 3.29. The molecule has 0 saturated heterocycles. The Kier molecular flexibility index (Phi) is 7.59. The van der Waals surface area contributed by atoms with Gasteiger partial charge in [-0.15, -0.1) is 0 Å². The monoisotopic (exact) mass is 489 g/mol. The second-order valence-electron chi connectivity index (χ2n) is 8.10. The molecular formula is C26H27N5O3S. The number of benzene rings is 3. The van der Waals surface area contributed by atoms with E-state index in [9.17, 15) is 13.2 Å². The number of nitrogens with two attached hydrogens (primary N) is 1. The summed E-state index contributed by atoms with van der Waals surface area (Å²) in [5.41, 5.74) is 4.77. The van der Waals surface area contributed by atoms with Crippen LogP contribution >= 0.6 is 0 Å². The van der Waals surface area contributed by atoms with Crippen molar-refractivity contribution in [1.82, 2.24) is 20.4 Å². The molecule has 3 aromatic carbocycles. The van der Waals surface area contributed by atoms with Crippen molar-refractivity contribution >= 4 is 16.1 Å². The Morgan fingerprint density at radius 2 is 1.51 bits per heavy atom. The first-order chi connectivity index (χ1) is 16.9. The molecule has 9 heteroatoms. The SMILES string of the molecule is NS(=O)(=O)c1ccc(CCNC(=O)NCc2cn(Cc3ccccc3)nc2-c2ccccc2)cc1. The maximum absolute atomic E-state index is 12.4. The lowest BCUT2D eigenvalue weighted by Gasteiger charge is -2.08. The van der Waals surface area contributed by atoms with Crippen LogP contribution in [0.15, 0.2) is 96.0 Å². The van der Waals surface area contributed by atoms with Crippen LogP contribution < -0.4 is 15.8 Å². The van der Waals surface area contributed by atoms with Gasteiger partial charge in [0.25, 0.3) is 0 Å². The smallest absolute Gasteiger partial charge is 0.315 e. The molecule has 35 heavy (non-hydrogen) atoms. The van der Waals surface area contributed by atoms with Crippen LogP contribution in [0.5, 0.6) is 0 Å². The van der Waals surface area contributed by atoms with Crippen LogP contribution in [0, 0.1) is 0 Å². The maximum atomic E-state index is 12.4. The maximum Gasteiger partial charge on any atom is 0.315 e. The minimum Gasteiger partial charge on any atom is -0.338 e. The number of amides is 2. The average molecular weight is 490 g/mol. The van der Waals surface area contributed by atoms with Gasteiger partial charge in [-0.25, -0.2) is 18.4 Å². The predicted molar refractivity (Wildman–Crippen MR) is 135 cm³/mol. The minimum absolute atomic E-state index is 0.0639. The zero-order valence-corrected chi connectivity index (χ0v) is 19.9. The number of carbonyl (C=O) groups excluding carboxylic acids is 1. The summed E-state index contributed by atoms with van der Waals surface area (Å²) in [7, 11) is -3.71. The molecular weight excluding hydrogens is 462 g/mol. The Morgan fingerprint density at radius 3 is 2.17 bits per heavy atom. The summed E-state index contributed by atoms with van der Waals surface area (Å²) in [5.74, 6) is 0. The van der Waals surface area contributed by atoms with Gasteiger partial charge in [0.1, 0.15) is 0 Å². The van der Waals surface area contributed by atoms with Gasteiger partial charge in [0, 0.05) is 30.4 Å². The summed E-state index contributed by atoms with van der Waals surface area (Å²) in [6.45, 7) is 1.37. The topological polar surface area (TPSA) is 119 Å². The molecule has 0 radical (unpaired) electrons. The van der Waals surface area contributed by atoms with Crippen molar-refractivity contribution in [2.45, 2.75) is 24.4 Å². The fourth-order valence-electron chi connectivity index (χ4n) is 3.69. The molecule has 2 amide bonds. The first-order valence-corrected chi connectivity index (χ1v) is 12.7. The molecule has 0 spiro atoms. The molecule has 1 aromatic heterocycles. The zero-order chi connectivity index (χ0) is 24.7. The summed E-state index contributed by atoms with van der Waals surface area (Å²) in [6, 6.07) is 26.0. The van der Waals surface area contributed by atoms with E-state index >= 15 is 0 Å². The Balaban J connectivity index is 1.36. The Bertz CT molecular complexity index is 1370. The highest BCUT2D eigenvalue weighted by atomic mass is 32.2. The molecule has 0 aliphatic rings. The molecule has 180 valence electrons. The van der Waals surface area contributed by atoms with E-state index in [1.807, 2.05) is 59.4 Å². The minimum atomic E-state index is -3.71. The molecule has 0 aliphatic carbocycles. The summed E-state index contributed by atoms with van der Waals surface area (Å²) >= 11 is 0. The van der Waals surface area contributed by atoms with Crippen molar-refractivity contribution in [3.05, 3.63) is 108 Å². The van der Waals surface area contributed by atoms with Gasteiger partial charge < -0.3 is 10.6 Å². The molecule has 0 fully saturated rings. The number of sulfonamides is 1. The lowest BCUT2D eigenvalue weighted by atomic mass is 10.1. The first-order valence-electron chi connectivity index (χ1n) is 11.2. The lowest BCUT2D eigenvalue weighted by molar-refractivity contribution is 0.240. The van der Waals surface area contributed by atoms with Gasteiger partial charge in [-0.3, -0.25) is 4.68 Å². The molecule has 4 N–H and O–H groups in total. The van der Waals surface area contributed by atoms with Gasteiger partial charge in [-0.2, -0.15) is 5.10 Å². The van der Waals surface area contributed by atoms with Crippen LogP contribution in [0.2, 0.25) is 0 Å². The number of nitrogens with one attached hydrogen (secondary N) is 2. The van der Waals surface area contributed by atoms with Gasteiger partial charge in [0.05, 0.1) is 17.1 Å². The van der Waals surface area contributed by atoms with Crippen LogP contribution in [-0.2, 0) is 29.5 Å². The van der Waals surface area contributed by atoms with E-state index in [2.05, 4.69) is 22.8 Å². The molecule has 0 atom stereocenters. The van der Waals surface area contributed by atoms with E-state index in [0.717, 1.165) is 27.9 Å². The third-order valence-corrected chi connectivity index (χ3v) is 6.39. The van der Waals surface area contributed by atoms with Crippen molar-refractivity contribution < 1.29 is 13.2 Å². The molecule has 0 saturated carbocycles. The quantitative estimate of drug-likeness (QED) is 0.334.